The molecular formula is C16H30N2O. The summed E-state index contributed by atoms with van der Waals surface area (Å²) in [6.45, 7) is 6.81. The molecular weight excluding hydrogens is 236 g/mol. The Bertz CT molecular complexity index is 301. The molecule has 2 N–H and O–H groups in total. The monoisotopic (exact) mass is 266 g/mol. The van der Waals surface area contributed by atoms with Crippen LogP contribution >= 0.6 is 0 Å². The zero-order valence-corrected chi connectivity index (χ0v) is 12.5. The Kier molecular flexibility index (Phi) is 4.16. The van der Waals surface area contributed by atoms with Crippen LogP contribution in [0, 0.1) is 11.8 Å². The summed E-state index contributed by atoms with van der Waals surface area (Å²) in [7, 11) is 0. The van der Waals surface area contributed by atoms with Gasteiger partial charge in [0.15, 0.2) is 0 Å². The zero-order chi connectivity index (χ0) is 13.4. The predicted octanol–water partition coefficient (Wildman–Crippen LogP) is 2.00. The number of hydrogen-bond donors (Lipinski definition) is 2. The molecule has 1 heterocycles. The maximum atomic E-state index is 10.2. The maximum Gasteiger partial charge on any atom is 0.0578 e. The van der Waals surface area contributed by atoms with E-state index in [0.29, 0.717) is 12.0 Å². The molecule has 0 spiro atoms. The van der Waals surface area contributed by atoms with Crippen LogP contribution in [0.2, 0.25) is 0 Å². The van der Waals surface area contributed by atoms with Crippen LogP contribution in [0.4, 0.5) is 0 Å². The smallest absolute Gasteiger partial charge is 0.0578 e. The van der Waals surface area contributed by atoms with E-state index in [1.54, 1.807) is 0 Å². The molecule has 0 aromatic rings. The molecule has 110 valence electrons. The van der Waals surface area contributed by atoms with Crippen molar-refractivity contribution >= 4 is 0 Å². The summed E-state index contributed by atoms with van der Waals surface area (Å²) < 4.78 is 0. The van der Waals surface area contributed by atoms with E-state index >= 15 is 0 Å². The largest absolute Gasteiger partial charge is 0.393 e. The molecule has 2 saturated carbocycles. The number of hydrogen-bond acceptors (Lipinski definition) is 3. The Morgan fingerprint density at radius 3 is 2.42 bits per heavy atom. The van der Waals surface area contributed by atoms with Crippen molar-refractivity contribution in [2.75, 3.05) is 13.1 Å². The highest BCUT2D eigenvalue weighted by Gasteiger charge is 2.39. The third-order valence-corrected chi connectivity index (χ3v) is 5.40. The molecule has 4 unspecified atom stereocenters. The first kappa shape index (κ1) is 13.8. The normalized spacial score (nSPS) is 36.2. The van der Waals surface area contributed by atoms with Gasteiger partial charge in [-0.3, -0.25) is 4.90 Å². The molecule has 4 atom stereocenters. The predicted molar refractivity (Wildman–Crippen MR) is 78.1 cm³/mol. The van der Waals surface area contributed by atoms with Gasteiger partial charge in [-0.05, 0) is 57.3 Å². The Morgan fingerprint density at radius 2 is 1.84 bits per heavy atom. The third kappa shape index (κ3) is 3.50. The molecule has 19 heavy (non-hydrogen) atoms. The number of piperidine rings is 1. The minimum Gasteiger partial charge on any atom is -0.393 e. The number of nitrogens with zero attached hydrogens (tertiary/aromatic N) is 1. The van der Waals surface area contributed by atoms with E-state index < -0.39 is 0 Å². The lowest BCUT2D eigenvalue weighted by Crippen LogP contribution is -2.55. The van der Waals surface area contributed by atoms with Crippen molar-refractivity contribution in [3.8, 4) is 0 Å². The third-order valence-electron chi connectivity index (χ3n) is 5.40. The van der Waals surface area contributed by atoms with Crippen LogP contribution in [0.25, 0.3) is 0 Å². The van der Waals surface area contributed by atoms with Crippen LogP contribution in [0.1, 0.15) is 52.4 Å². The lowest BCUT2D eigenvalue weighted by atomic mass is 9.87. The summed E-state index contributed by atoms with van der Waals surface area (Å²) in [5, 5.41) is 14.0. The Balaban J connectivity index is 1.61. The molecule has 1 saturated heterocycles. The second-order valence-electron chi connectivity index (χ2n) is 7.14. The molecule has 2 aliphatic carbocycles. The van der Waals surface area contributed by atoms with E-state index in [9.17, 15) is 5.11 Å². The number of aliphatic hydroxyl groups is 1. The van der Waals surface area contributed by atoms with E-state index in [1.165, 1.54) is 38.6 Å². The first-order valence-electron chi connectivity index (χ1n) is 8.35. The van der Waals surface area contributed by atoms with Gasteiger partial charge in [0.1, 0.15) is 0 Å². The molecule has 0 aromatic heterocycles. The molecule has 0 radical (unpaired) electrons. The van der Waals surface area contributed by atoms with Crippen LogP contribution < -0.4 is 5.32 Å². The summed E-state index contributed by atoms with van der Waals surface area (Å²) in [6, 6.07) is 2.10. The van der Waals surface area contributed by atoms with Gasteiger partial charge < -0.3 is 10.4 Å². The fourth-order valence-electron chi connectivity index (χ4n) is 3.70. The second kappa shape index (κ2) is 5.71. The van der Waals surface area contributed by atoms with Crippen molar-refractivity contribution in [1.29, 1.82) is 0 Å². The lowest BCUT2D eigenvalue weighted by Gasteiger charge is -2.43. The molecule has 3 fully saturated rings. The second-order valence-corrected chi connectivity index (χ2v) is 7.14. The van der Waals surface area contributed by atoms with Crippen LogP contribution in [-0.4, -0.2) is 47.3 Å². The van der Waals surface area contributed by atoms with Crippen molar-refractivity contribution < 1.29 is 5.11 Å². The van der Waals surface area contributed by atoms with Crippen LogP contribution in [0.15, 0.2) is 0 Å². The molecule has 0 aromatic carbocycles. The van der Waals surface area contributed by atoms with Crippen molar-refractivity contribution in [1.82, 2.24) is 10.2 Å². The van der Waals surface area contributed by atoms with Crippen LogP contribution in [0.5, 0.6) is 0 Å². The van der Waals surface area contributed by atoms with Crippen molar-refractivity contribution in [2.24, 2.45) is 11.8 Å². The fourth-order valence-corrected chi connectivity index (χ4v) is 3.70. The lowest BCUT2D eigenvalue weighted by molar-refractivity contribution is 0.0178. The summed E-state index contributed by atoms with van der Waals surface area (Å²) in [4.78, 5) is 2.66. The van der Waals surface area contributed by atoms with Crippen molar-refractivity contribution in [3.63, 3.8) is 0 Å². The van der Waals surface area contributed by atoms with E-state index in [2.05, 4.69) is 24.1 Å². The fraction of sp³-hybridized carbons (Fsp3) is 1.00. The SMILES string of the molecule is CCC(O)C1CC(NC2CC2)CN(C(C)C2CC2)C1. The Morgan fingerprint density at radius 1 is 1.11 bits per heavy atom. The summed E-state index contributed by atoms with van der Waals surface area (Å²) in [5.41, 5.74) is 0. The molecule has 3 aliphatic rings. The summed E-state index contributed by atoms with van der Waals surface area (Å²) >= 11 is 0. The molecule has 3 rings (SSSR count). The molecule has 3 nitrogen and oxygen atoms in total. The van der Waals surface area contributed by atoms with E-state index in [1.807, 2.05) is 0 Å². The van der Waals surface area contributed by atoms with Gasteiger partial charge in [-0.1, -0.05) is 6.92 Å². The van der Waals surface area contributed by atoms with Crippen LogP contribution in [-0.2, 0) is 0 Å². The first-order chi connectivity index (χ1) is 9.17. The average Bonchev–Trinajstić information content (AvgIpc) is 3.28. The number of aliphatic hydroxyl groups excluding tert-OH is 1. The minimum absolute atomic E-state index is 0.113. The van der Waals surface area contributed by atoms with Gasteiger partial charge in [0.2, 0.25) is 0 Å². The summed E-state index contributed by atoms with van der Waals surface area (Å²) in [5.74, 6) is 1.40. The van der Waals surface area contributed by atoms with E-state index in [-0.39, 0.29) is 6.10 Å². The van der Waals surface area contributed by atoms with Crippen molar-refractivity contribution in [3.05, 3.63) is 0 Å². The average molecular weight is 266 g/mol. The van der Waals surface area contributed by atoms with Gasteiger partial charge in [-0.15, -0.1) is 0 Å². The highest BCUT2D eigenvalue weighted by atomic mass is 16.3. The van der Waals surface area contributed by atoms with Gasteiger partial charge >= 0.3 is 0 Å². The highest BCUT2D eigenvalue weighted by Crippen LogP contribution is 2.37. The maximum absolute atomic E-state index is 10.2. The van der Waals surface area contributed by atoms with Crippen molar-refractivity contribution in [2.45, 2.75) is 76.6 Å². The van der Waals surface area contributed by atoms with Gasteiger partial charge in [0.05, 0.1) is 6.10 Å². The minimum atomic E-state index is -0.113. The molecule has 1 aliphatic heterocycles. The summed E-state index contributed by atoms with van der Waals surface area (Å²) in [6.07, 6.45) is 7.49. The number of nitrogens with one attached hydrogen (secondary N) is 1. The van der Waals surface area contributed by atoms with E-state index in [0.717, 1.165) is 31.0 Å². The zero-order valence-electron chi connectivity index (χ0n) is 12.5. The van der Waals surface area contributed by atoms with Gasteiger partial charge in [0, 0.05) is 31.2 Å². The standard InChI is InChI=1S/C16H30N2O/c1-3-16(19)13-8-15(17-14-6-7-14)10-18(9-13)11(2)12-4-5-12/h11-17,19H,3-10H2,1-2H3. The molecule has 0 amide bonds. The van der Waals surface area contributed by atoms with Gasteiger partial charge in [-0.25, -0.2) is 0 Å². The van der Waals surface area contributed by atoms with Crippen LogP contribution in [0.3, 0.4) is 0 Å². The highest BCUT2D eigenvalue weighted by molar-refractivity contribution is 4.95. The topological polar surface area (TPSA) is 35.5 Å². The Labute approximate surface area is 117 Å². The first-order valence-corrected chi connectivity index (χ1v) is 8.35. The van der Waals surface area contributed by atoms with Gasteiger partial charge in [-0.2, -0.15) is 0 Å². The number of rotatable bonds is 6. The quantitative estimate of drug-likeness (QED) is 0.772. The van der Waals surface area contributed by atoms with Gasteiger partial charge in [0.25, 0.3) is 0 Å². The Hall–Kier alpha value is -0.120. The van der Waals surface area contributed by atoms with E-state index in [4.69, 9.17) is 0 Å². The number of likely N-dealkylation sites (tertiary alicyclic amines) is 1. The molecule has 3 heteroatoms. The molecule has 0 bridgehead atoms.